The second kappa shape index (κ2) is 9.08. The first-order valence-corrected chi connectivity index (χ1v) is 12.3. The highest BCUT2D eigenvalue weighted by molar-refractivity contribution is 7.92. The Labute approximate surface area is 188 Å². The van der Waals surface area contributed by atoms with E-state index in [-0.39, 0.29) is 24.1 Å². The predicted molar refractivity (Wildman–Crippen MR) is 118 cm³/mol. The van der Waals surface area contributed by atoms with Gasteiger partial charge < -0.3 is 5.32 Å². The molecule has 11 heteroatoms. The fraction of sp³-hybridized carbons (Fsp3) is 0.286. The van der Waals surface area contributed by atoms with Gasteiger partial charge in [0, 0.05) is 29.2 Å². The number of rotatable bonds is 8. The molecule has 0 aliphatic carbocycles. The van der Waals surface area contributed by atoms with Crippen molar-refractivity contribution in [2.75, 3.05) is 23.1 Å². The van der Waals surface area contributed by atoms with Crippen molar-refractivity contribution in [2.45, 2.75) is 30.8 Å². The van der Waals surface area contributed by atoms with Gasteiger partial charge in [-0.05, 0) is 50.2 Å². The maximum atomic E-state index is 14.6. The minimum Gasteiger partial charge on any atom is -0.381 e. The van der Waals surface area contributed by atoms with Crippen molar-refractivity contribution in [1.29, 1.82) is 0 Å². The van der Waals surface area contributed by atoms with E-state index in [0.717, 1.165) is 48.5 Å². The average molecular weight is 483 g/mol. The number of hydrogen-bond acceptors (Lipinski definition) is 6. The molecule has 2 heterocycles. The molecule has 1 aromatic heterocycles. The Morgan fingerprint density at radius 1 is 1.16 bits per heavy atom. The van der Waals surface area contributed by atoms with Crippen molar-refractivity contribution in [2.24, 2.45) is 0 Å². The highest BCUT2D eigenvalue weighted by atomic mass is 32.2. The first kappa shape index (κ1) is 22.6. The Hall–Kier alpha value is -2.63. The molecule has 1 atom stereocenters. The Morgan fingerprint density at radius 2 is 1.88 bits per heavy atom. The van der Waals surface area contributed by atoms with Gasteiger partial charge in [0.05, 0.1) is 5.51 Å². The third-order valence-corrected chi connectivity index (χ3v) is 7.44. The third-order valence-electron chi connectivity index (χ3n) is 5.45. The predicted octanol–water partition coefficient (Wildman–Crippen LogP) is 4.74. The van der Waals surface area contributed by atoms with Gasteiger partial charge in [0.1, 0.15) is 17.5 Å². The van der Waals surface area contributed by atoms with E-state index in [1.165, 1.54) is 17.0 Å². The van der Waals surface area contributed by atoms with Crippen LogP contribution in [0.4, 0.5) is 24.7 Å². The van der Waals surface area contributed by atoms with Gasteiger partial charge in [-0.15, -0.1) is 11.3 Å². The summed E-state index contributed by atoms with van der Waals surface area (Å²) in [5.74, 6) is -2.98. The Bertz CT molecular complexity index is 1190. The summed E-state index contributed by atoms with van der Waals surface area (Å²) in [5.41, 5.74) is 2.58. The van der Waals surface area contributed by atoms with Gasteiger partial charge in [0.15, 0.2) is 10.7 Å². The van der Waals surface area contributed by atoms with Crippen LogP contribution in [0, 0.1) is 17.5 Å². The lowest BCUT2D eigenvalue weighted by Gasteiger charge is -2.37. The first-order valence-electron chi connectivity index (χ1n) is 9.91. The van der Waals surface area contributed by atoms with Crippen molar-refractivity contribution < 1.29 is 21.6 Å². The zero-order valence-corrected chi connectivity index (χ0v) is 18.7. The molecule has 0 amide bonds. The van der Waals surface area contributed by atoms with E-state index in [2.05, 4.69) is 15.2 Å². The summed E-state index contributed by atoms with van der Waals surface area (Å²) in [5, 5.41) is 4.21. The zero-order valence-electron chi connectivity index (χ0n) is 17.1. The smallest absolute Gasteiger partial charge is 0.268 e. The van der Waals surface area contributed by atoms with Gasteiger partial charge in [0.2, 0.25) is 0 Å². The van der Waals surface area contributed by atoms with Crippen molar-refractivity contribution >= 4 is 32.9 Å². The molecule has 1 aliphatic heterocycles. The van der Waals surface area contributed by atoms with Crippen LogP contribution < -0.4 is 10.0 Å². The molecule has 0 unspecified atom stereocenters. The fourth-order valence-corrected chi connectivity index (χ4v) is 5.32. The van der Waals surface area contributed by atoms with Crippen LogP contribution in [-0.4, -0.2) is 31.4 Å². The lowest BCUT2D eigenvalue weighted by Crippen LogP contribution is -2.39. The SMILES string of the molecule is C[C@@H](c1cccc(F)c1CNc1cc(F)c(S(=O)(=O)Nc2cscn2)c(F)c1)N1CCC1. The Kier molecular flexibility index (Phi) is 6.40. The molecule has 6 nitrogen and oxygen atoms in total. The summed E-state index contributed by atoms with van der Waals surface area (Å²) in [7, 11) is -4.51. The van der Waals surface area contributed by atoms with Crippen LogP contribution in [0.5, 0.6) is 0 Å². The Morgan fingerprint density at radius 3 is 2.47 bits per heavy atom. The monoisotopic (exact) mass is 482 g/mol. The van der Waals surface area contributed by atoms with Crippen LogP contribution in [0.25, 0.3) is 0 Å². The van der Waals surface area contributed by atoms with Crippen LogP contribution >= 0.6 is 11.3 Å². The number of anilines is 2. The average Bonchev–Trinajstić information content (AvgIpc) is 3.16. The van der Waals surface area contributed by atoms with E-state index in [1.54, 1.807) is 6.07 Å². The van der Waals surface area contributed by atoms with Gasteiger partial charge in [-0.25, -0.2) is 26.6 Å². The minimum atomic E-state index is -4.51. The third kappa shape index (κ3) is 4.59. The molecule has 32 heavy (non-hydrogen) atoms. The topological polar surface area (TPSA) is 74.3 Å². The highest BCUT2D eigenvalue weighted by Crippen LogP contribution is 2.30. The van der Waals surface area contributed by atoms with Gasteiger partial charge in [-0.3, -0.25) is 9.62 Å². The standard InChI is InChI=1S/C21H21F3N4O2S2/c1-13(28-6-3-7-28)15-4-2-5-17(22)16(15)10-25-14-8-18(23)21(19(24)9-14)32(29,30)27-20-11-31-12-26-20/h2,4-5,8-9,11-13,25,27H,3,6-7,10H2,1H3/t13-/m0/s1. The van der Waals surface area contributed by atoms with E-state index >= 15 is 0 Å². The first-order chi connectivity index (χ1) is 15.3. The molecule has 0 bridgehead atoms. The number of hydrogen-bond donors (Lipinski definition) is 2. The quantitative estimate of drug-likeness (QED) is 0.485. The van der Waals surface area contributed by atoms with E-state index in [0.29, 0.717) is 5.56 Å². The number of halogens is 3. The molecule has 2 N–H and O–H groups in total. The number of likely N-dealkylation sites (tertiary alicyclic amines) is 1. The summed E-state index contributed by atoms with van der Waals surface area (Å²) in [4.78, 5) is 4.86. The van der Waals surface area contributed by atoms with E-state index in [4.69, 9.17) is 0 Å². The zero-order chi connectivity index (χ0) is 22.9. The number of benzene rings is 2. The number of sulfonamides is 1. The van der Waals surface area contributed by atoms with E-state index in [1.807, 2.05) is 17.7 Å². The summed E-state index contributed by atoms with van der Waals surface area (Å²) in [6.45, 7) is 3.85. The van der Waals surface area contributed by atoms with Crippen LogP contribution in [0.15, 0.2) is 46.1 Å². The van der Waals surface area contributed by atoms with E-state index < -0.39 is 32.4 Å². The molecule has 0 radical (unpaired) electrons. The maximum Gasteiger partial charge on any atom is 0.268 e. The maximum absolute atomic E-state index is 14.6. The lowest BCUT2D eigenvalue weighted by atomic mass is 9.97. The van der Waals surface area contributed by atoms with Gasteiger partial charge >= 0.3 is 0 Å². The molecule has 0 saturated carbocycles. The Balaban J connectivity index is 1.55. The van der Waals surface area contributed by atoms with Crippen LogP contribution in [0.1, 0.15) is 30.5 Å². The van der Waals surface area contributed by atoms with Crippen molar-refractivity contribution in [3.63, 3.8) is 0 Å². The summed E-state index contributed by atoms with van der Waals surface area (Å²) in [6, 6.07) is 6.57. The summed E-state index contributed by atoms with van der Waals surface area (Å²) in [6.07, 6.45) is 1.10. The van der Waals surface area contributed by atoms with Crippen molar-refractivity contribution in [1.82, 2.24) is 9.88 Å². The minimum absolute atomic E-state index is 0.00147. The molecule has 2 aromatic carbocycles. The molecule has 4 rings (SSSR count). The molecular formula is C21H21F3N4O2S2. The molecule has 1 aliphatic rings. The van der Waals surface area contributed by atoms with Crippen LogP contribution in [0.3, 0.4) is 0 Å². The molecule has 0 spiro atoms. The van der Waals surface area contributed by atoms with Crippen molar-refractivity contribution in [3.8, 4) is 0 Å². The molecule has 1 saturated heterocycles. The molecular weight excluding hydrogens is 461 g/mol. The van der Waals surface area contributed by atoms with Gasteiger partial charge in [0.25, 0.3) is 10.0 Å². The van der Waals surface area contributed by atoms with E-state index in [9.17, 15) is 21.6 Å². The number of nitrogens with zero attached hydrogens (tertiary/aromatic N) is 2. The van der Waals surface area contributed by atoms with Crippen LogP contribution in [0.2, 0.25) is 0 Å². The van der Waals surface area contributed by atoms with Gasteiger partial charge in [-0.2, -0.15) is 0 Å². The van der Waals surface area contributed by atoms with Crippen molar-refractivity contribution in [3.05, 3.63) is 69.8 Å². The second-order valence-electron chi connectivity index (χ2n) is 7.47. The normalized spacial score (nSPS) is 15.2. The van der Waals surface area contributed by atoms with Crippen LogP contribution in [-0.2, 0) is 16.6 Å². The lowest BCUT2D eigenvalue weighted by molar-refractivity contribution is 0.128. The number of thiazole rings is 1. The number of aromatic nitrogens is 1. The molecule has 170 valence electrons. The number of nitrogens with one attached hydrogen (secondary N) is 2. The highest BCUT2D eigenvalue weighted by Gasteiger charge is 2.27. The van der Waals surface area contributed by atoms with Gasteiger partial charge in [-0.1, -0.05) is 12.1 Å². The largest absolute Gasteiger partial charge is 0.381 e. The molecule has 1 fully saturated rings. The molecule has 3 aromatic rings. The fourth-order valence-electron chi connectivity index (χ4n) is 3.64. The second-order valence-corrected chi connectivity index (χ2v) is 9.81. The summed E-state index contributed by atoms with van der Waals surface area (Å²) < 4.78 is 70.6. The summed E-state index contributed by atoms with van der Waals surface area (Å²) >= 11 is 1.13.